The van der Waals surface area contributed by atoms with E-state index in [4.69, 9.17) is 21.4 Å². The number of hydrogen-bond donors (Lipinski definition) is 2. The van der Waals surface area contributed by atoms with Crippen LogP contribution in [0.3, 0.4) is 0 Å². The summed E-state index contributed by atoms with van der Waals surface area (Å²) < 4.78 is 11.8. The second-order valence-electron chi connectivity index (χ2n) is 6.30. The third-order valence-electron chi connectivity index (χ3n) is 5.08. The zero-order valence-electron chi connectivity index (χ0n) is 13.9. The van der Waals surface area contributed by atoms with Crippen LogP contribution in [0, 0.1) is 4.84 Å². The zero-order chi connectivity index (χ0) is 16.7. The molecule has 2 aromatic heterocycles. The van der Waals surface area contributed by atoms with Gasteiger partial charge in [-0.15, -0.1) is 5.10 Å². The fourth-order valence-corrected chi connectivity index (χ4v) is 3.96. The predicted octanol–water partition coefficient (Wildman–Crippen LogP) is 4.20. The van der Waals surface area contributed by atoms with E-state index in [1.807, 2.05) is 0 Å². The van der Waals surface area contributed by atoms with Crippen LogP contribution in [-0.4, -0.2) is 21.8 Å². The molecule has 2 N–H and O–H groups in total. The molecule has 0 saturated heterocycles. The largest absolute Gasteiger partial charge is 0.414 e. The van der Waals surface area contributed by atoms with Gasteiger partial charge in [0.1, 0.15) is 5.60 Å². The summed E-state index contributed by atoms with van der Waals surface area (Å²) in [5.74, 6) is 0.587. The lowest BCUT2D eigenvalue weighted by Crippen LogP contribution is -2.37. The molecule has 0 spiro atoms. The van der Waals surface area contributed by atoms with Crippen LogP contribution in [0.4, 0.5) is 0 Å². The van der Waals surface area contributed by atoms with Gasteiger partial charge in [0.2, 0.25) is 5.89 Å². The highest BCUT2D eigenvalue weighted by Crippen LogP contribution is 2.41. The van der Waals surface area contributed by atoms with Gasteiger partial charge >= 0.3 is 0 Å². The second-order valence-corrected chi connectivity index (χ2v) is 6.67. The minimum atomic E-state index is -0.446. The lowest BCUT2D eigenvalue weighted by molar-refractivity contribution is -0.0693. The van der Waals surface area contributed by atoms with E-state index < -0.39 is 5.60 Å². The van der Waals surface area contributed by atoms with Crippen molar-refractivity contribution in [3.63, 3.8) is 0 Å². The van der Waals surface area contributed by atoms with Crippen LogP contribution in [0.5, 0.6) is 0 Å². The molecule has 1 aliphatic heterocycles. The van der Waals surface area contributed by atoms with E-state index in [-0.39, 0.29) is 0 Å². The number of rotatable bonds is 4. The Morgan fingerprint density at radius 3 is 2.92 bits per heavy atom. The van der Waals surface area contributed by atoms with Crippen molar-refractivity contribution in [2.45, 2.75) is 45.1 Å². The van der Waals surface area contributed by atoms with Crippen LogP contribution < -0.4 is 0 Å². The van der Waals surface area contributed by atoms with E-state index >= 15 is 0 Å². The number of para-hydroxylation sites is 1. The van der Waals surface area contributed by atoms with Gasteiger partial charge in [-0.3, -0.25) is 0 Å². The topological polar surface area (TPSA) is 66.8 Å². The molecule has 1 aliphatic rings. The maximum atomic E-state index is 6.28. The standard InChI is InChI=1S/C18H21N3O2S/c1-3-11-6-5-7-12-13-8-9-22-18(4-2,16(13)19-15(11)12)10-14-20-21-17(24)23-14/h5-7,19H,3-4,8-10H2,1-2H3,(H,21,24). The molecular weight excluding hydrogens is 322 g/mol. The highest BCUT2D eigenvalue weighted by Gasteiger charge is 2.40. The average Bonchev–Trinajstić information content (AvgIpc) is 3.18. The van der Waals surface area contributed by atoms with Crippen molar-refractivity contribution >= 4 is 23.1 Å². The molecule has 0 fully saturated rings. The molecule has 24 heavy (non-hydrogen) atoms. The SMILES string of the molecule is CCc1cccc2c3c([nH]c12)C(CC)(Cc1n[nH]c(=S)o1)OCC3. The molecule has 3 heterocycles. The van der Waals surface area contributed by atoms with Crippen molar-refractivity contribution in [2.24, 2.45) is 0 Å². The summed E-state index contributed by atoms with van der Waals surface area (Å²) in [6.45, 7) is 5.03. The van der Waals surface area contributed by atoms with Crippen LogP contribution in [0.2, 0.25) is 0 Å². The van der Waals surface area contributed by atoms with Crippen LogP contribution in [-0.2, 0) is 29.6 Å². The lowest BCUT2D eigenvalue weighted by Gasteiger charge is -2.35. The highest BCUT2D eigenvalue weighted by molar-refractivity contribution is 7.71. The van der Waals surface area contributed by atoms with Gasteiger partial charge in [-0.1, -0.05) is 32.0 Å². The summed E-state index contributed by atoms with van der Waals surface area (Å²) in [5.41, 5.74) is 4.65. The fraction of sp³-hybridized carbons (Fsp3) is 0.444. The first-order valence-corrected chi connectivity index (χ1v) is 8.89. The van der Waals surface area contributed by atoms with E-state index in [1.54, 1.807) is 0 Å². The van der Waals surface area contributed by atoms with E-state index in [0.29, 0.717) is 23.8 Å². The molecule has 1 unspecified atom stereocenters. The maximum Gasteiger partial charge on any atom is 0.284 e. The number of nitrogens with zero attached hydrogens (tertiary/aromatic N) is 1. The molecule has 4 rings (SSSR count). The summed E-state index contributed by atoms with van der Waals surface area (Å²) >= 11 is 5.00. The average molecular weight is 343 g/mol. The Labute approximate surface area is 145 Å². The fourth-order valence-electron chi connectivity index (χ4n) is 3.82. The van der Waals surface area contributed by atoms with Gasteiger partial charge in [0.15, 0.2) is 0 Å². The lowest BCUT2D eigenvalue weighted by atomic mass is 9.86. The van der Waals surface area contributed by atoms with Gasteiger partial charge in [0.05, 0.1) is 18.7 Å². The minimum absolute atomic E-state index is 0.303. The molecule has 6 heteroatoms. The molecule has 0 amide bonds. The van der Waals surface area contributed by atoms with Crippen molar-refractivity contribution < 1.29 is 9.15 Å². The first-order chi connectivity index (χ1) is 11.7. The summed E-state index contributed by atoms with van der Waals surface area (Å²) in [4.78, 5) is 3.98. The molecule has 0 aliphatic carbocycles. The molecular formula is C18H21N3O2S. The summed E-state index contributed by atoms with van der Waals surface area (Å²) in [5, 5.41) is 8.19. The Hall–Kier alpha value is -1.92. The normalized spacial score (nSPS) is 20.4. The number of benzene rings is 1. The Morgan fingerprint density at radius 2 is 2.21 bits per heavy atom. The monoisotopic (exact) mass is 343 g/mol. The molecule has 3 aromatic rings. The third-order valence-corrected chi connectivity index (χ3v) is 5.26. The molecule has 0 saturated carbocycles. The Morgan fingerprint density at radius 1 is 1.33 bits per heavy atom. The summed E-state index contributed by atoms with van der Waals surface area (Å²) in [6.07, 6.45) is 3.33. The number of ether oxygens (including phenoxy) is 1. The van der Waals surface area contributed by atoms with E-state index in [2.05, 4.69) is 47.2 Å². The van der Waals surface area contributed by atoms with Crippen LogP contribution in [0.15, 0.2) is 22.6 Å². The van der Waals surface area contributed by atoms with Crippen molar-refractivity contribution in [3.05, 3.63) is 45.7 Å². The third kappa shape index (κ3) is 2.32. The first-order valence-electron chi connectivity index (χ1n) is 8.48. The zero-order valence-corrected chi connectivity index (χ0v) is 14.8. The van der Waals surface area contributed by atoms with Crippen molar-refractivity contribution in [2.75, 3.05) is 6.61 Å². The number of aromatic amines is 2. The molecule has 0 bridgehead atoms. The van der Waals surface area contributed by atoms with Gasteiger partial charge in [0, 0.05) is 10.9 Å². The summed E-state index contributed by atoms with van der Waals surface area (Å²) in [6, 6.07) is 6.53. The van der Waals surface area contributed by atoms with E-state index in [1.165, 1.54) is 22.0 Å². The second kappa shape index (κ2) is 5.86. The number of hydrogen-bond acceptors (Lipinski definition) is 4. The van der Waals surface area contributed by atoms with Crippen molar-refractivity contribution in [1.29, 1.82) is 0 Å². The molecule has 0 radical (unpaired) electrons. The van der Waals surface area contributed by atoms with Crippen LogP contribution >= 0.6 is 12.2 Å². The number of aryl methyl sites for hydroxylation is 1. The first kappa shape index (κ1) is 15.6. The molecule has 126 valence electrons. The Kier molecular flexibility index (Phi) is 3.81. The van der Waals surface area contributed by atoms with Gasteiger partial charge in [-0.05, 0) is 42.6 Å². The van der Waals surface area contributed by atoms with E-state index in [0.717, 1.165) is 25.0 Å². The quantitative estimate of drug-likeness (QED) is 0.697. The number of nitrogens with one attached hydrogen (secondary N) is 2. The smallest absolute Gasteiger partial charge is 0.284 e. The Bertz CT molecular complexity index is 939. The van der Waals surface area contributed by atoms with E-state index in [9.17, 15) is 0 Å². The molecule has 1 atom stereocenters. The number of aromatic nitrogens is 3. The number of H-pyrrole nitrogens is 2. The van der Waals surface area contributed by atoms with Gasteiger partial charge in [-0.2, -0.15) is 0 Å². The van der Waals surface area contributed by atoms with Crippen LogP contribution in [0.1, 0.15) is 43.0 Å². The van der Waals surface area contributed by atoms with Crippen molar-refractivity contribution in [1.82, 2.24) is 15.2 Å². The molecule has 1 aromatic carbocycles. The van der Waals surface area contributed by atoms with Gasteiger partial charge < -0.3 is 14.1 Å². The van der Waals surface area contributed by atoms with Gasteiger partial charge in [-0.25, -0.2) is 5.10 Å². The molecule has 5 nitrogen and oxygen atoms in total. The van der Waals surface area contributed by atoms with Crippen molar-refractivity contribution in [3.8, 4) is 0 Å². The minimum Gasteiger partial charge on any atom is -0.414 e. The number of fused-ring (bicyclic) bond motifs is 3. The Balaban J connectivity index is 1.88. The predicted molar refractivity (Wildman–Crippen MR) is 94.7 cm³/mol. The van der Waals surface area contributed by atoms with Gasteiger partial charge in [0.25, 0.3) is 4.84 Å². The van der Waals surface area contributed by atoms with Crippen LogP contribution in [0.25, 0.3) is 10.9 Å². The maximum absolute atomic E-state index is 6.28. The summed E-state index contributed by atoms with van der Waals surface area (Å²) in [7, 11) is 0. The highest BCUT2D eigenvalue weighted by atomic mass is 32.1.